The van der Waals surface area contributed by atoms with Crippen molar-refractivity contribution in [2.45, 2.75) is 50.9 Å². The van der Waals surface area contributed by atoms with Crippen molar-refractivity contribution in [1.82, 2.24) is 9.88 Å². The molecule has 0 spiro atoms. The summed E-state index contributed by atoms with van der Waals surface area (Å²) < 4.78 is 11.8. The molecule has 0 saturated carbocycles. The Morgan fingerprint density at radius 1 is 1.13 bits per heavy atom. The van der Waals surface area contributed by atoms with Crippen LogP contribution in [0, 0.1) is 5.92 Å². The zero-order valence-corrected chi connectivity index (χ0v) is 18.7. The monoisotopic (exact) mass is 423 g/mol. The molecule has 166 valence electrons. The van der Waals surface area contributed by atoms with Gasteiger partial charge in [0.1, 0.15) is 11.7 Å². The number of piperidine rings is 1. The van der Waals surface area contributed by atoms with E-state index in [4.69, 9.17) is 9.47 Å². The standard InChI is InChI=1S/C25H33N3O3/c1-24(2,3)31-23(29)25(22-18-30-22,20-7-5-4-6-8-20)28-15-11-19(12-16-28)17-27-21-9-13-26-14-10-21/h4-10,13-14,19,22H,11-12,15-18H2,1-3H3,(H,26,27). The second-order valence-electron chi connectivity index (χ2n) is 9.50. The largest absolute Gasteiger partial charge is 0.458 e. The average molecular weight is 424 g/mol. The molecule has 2 unspecified atom stereocenters. The number of likely N-dealkylation sites (tertiary alicyclic amines) is 1. The molecule has 3 heterocycles. The van der Waals surface area contributed by atoms with Gasteiger partial charge in [-0.3, -0.25) is 9.88 Å². The van der Waals surface area contributed by atoms with Crippen LogP contribution in [0.2, 0.25) is 0 Å². The van der Waals surface area contributed by atoms with E-state index in [1.165, 1.54) is 0 Å². The minimum atomic E-state index is -0.891. The Labute approximate surface area is 185 Å². The highest BCUT2D eigenvalue weighted by Crippen LogP contribution is 2.43. The van der Waals surface area contributed by atoms with E-state index in [0.717, 1.165) is 43.7 Å². The fraction of sp³-hybridized carbons (Fsp3) is 0.520. The van der Waals surface area contributed by atoms with Gasteiger partial charge in [0.25, 0.3) is 0 Å². The molecular formula is C25H33N3O3. The lowest BCUT2D eigenvalue weighted by Crippen LogP contribution is -2.60. The molecule has 1 N–H and O–H groups in total. The van der Waals surface area contributed by atoms with Crippen molar-refractivity contribution < 1.29 is 14.3 Å². The van der Waals surface area contributed by atoms with Crippen LogP contribution in [-0.2, 0) is 19.8 Å². The lowest BCUT2D eigenvalue weighted by Gasteiger charge is -2.45. The van der Waals surface area contributed by atoms with Gasteiger partial charge in [0.15, 0.2) is 5.54 Å². The number of hydrogen-bond donors (Lipinski definition) is 1. The summed E-state index contributed by atoms with van der Waals surface area (Å²) in [6, 6.07) is 14.0. The number of rotatable bonds is 7. The number of benzene rings is 1. The van der Waals surface area contributed by atoms with Gasteiger partial charge in [0, 0.05) is 24.6 Å². The molecule has 31 heavy (non-hydrogen) atoms. The summed E-state index contributed by atoms with van der Waals surface area (Å²) in [5, 5.41) is 3.51. The highest BCUT2D eigenvalue weighted by atomic mass is 16.6. The number of pyridine rings is 1. The third-order valence-electron chi connectivity index (χ3n) is 6.11. The van der Waals surface area contributed by atoms with E-state index in [1.54, 1.807) is 12.4 Å². The first kappa shape index (κ1) is 21.8. The number of anilines is 1. The number of nitrogens with one attached hydrogen (secondary N) is 1. The maximum Gasteiger partial charge on any atom is 0.334 e. The molecule has 0 bridgehead atoms. The Balaban J connectivity index is 1.52. The van der Waals surface area contributed by atoms with Crippen molar-refractivity contribution in [3.63, 3.8) is 0 Å². The van der Waals surface area contributed by atoms with E-state index in [9.17, 15) is 4.79 Å². The molecule has 2 aliphatic heterocycles. The average Bonchev–Trinajstić information content (AvgIpc) is 3.60. The predicted molar refractivity (Wildman–Crippen MR) is 121 cm³/mol. The molecule has 2 atom stereocenters. The van der Waals surface area contributed by atoms with Gasteiger partial charge in [-0.1, -0.05) is 30.3 Å². The van der Waals surface area contributed by atoms with Crippen LogP contribution in [-0.4, -0.2) is 53.8 Å². The summed E-state index contributed by atoms with van der Waals surface area (Å²) in [5.74, 6) is 0.346. The Morgan fingerprint density at radius 2 is 1.77 bits per heavy atom. The van der Waals surface area contributed by atoms with Gasteiger partial charge in [-0.05, 0) is 70.3 Å². The van der Waals surface area contributed by atoms with Crippen molar-refractivity contribution in [1.29, 1.82) is 0 Å². The van der Waals surface area contributed by atoms with Crippen LogP contribution in [0.25, 0.3) is 0 Å². The molecule has 1 aromatic carbocycles. The second-order valence-corrected chi connectivity index (χ2v) is 9.50. The lowest BCUT2D eigenvalue weighted by atomic mass is 9.81. The number of nitrogens with zero attached hydrogens (tertiary/aromatic N) is 2. The number of hydrogen-bond acceptors (Lipinski definition) is 6. The Hall–Kier alpha value is -2.44. The molecule has 2 aliphatic rings. The molecule has 0 aliphatic carbocycles. The highest BCUT2D eigenvalue weighted by Gasteiger charge is 2.59. The molecule has 2 saturated heterocycles. The van der Waals surface area contributed by atoms with E-state index in [0.29, 0.717) is 12.5 Å². The minimum absolute atomic E-state index is 0.170. The second kappa shape index (κ2) is 8.97. The first-order chi connectivity index (χ1) is 14.9. The number of carbonyl (C=O) groups is 1. The van der Waals surface area contributed by atoms with Gasteiger partial charge in [-0.15, -0.1) is 0 Å². The van der Waals surface area contributed by atoms with E-state index in [-0.39, 0.29) is 12.1 Å². The van der Waals surface area contributed by atoms with Crippen molar-refractivity contribution in [3.8, 4) is 0 Å². The van der Waals surface area contributed by atoms with Gasteiger partial charge < -0.3 is 14.8 Å². The van der Waals surface area contributed by atoms with Crippen LogP contribution in [0.4, 0.5) is 5.69 Å². The van der Waals surface area contributed by atoms with Crippen LogP contribution < -0.4 is 5.32 Å². The number of aromatic nitrogens is 1. The molecule has 0 amide bonds. The Bertz CT molecular complexity index is 857. The van der Waals surface area contributed by atoms with Crippen LogP contribution in [0.5, 0.6) is 0 Å². The smallest absolute Gasteiger partial charge is 0.334 e. The molecule has 6 heteroatoms. The summed E-state index contributed by atoms with van der Waals surface area (Å²) >= 11 is 0. The fourth-order valence-electron chi connectivity index (χ4n) is 4.51. The molecule has 6 nitrogen and oxygen atoms in total. The predicted octanol–water partition coefficient (Wildman–Crippen LogP) is 3.84. The molecule has 0 radical (unpaired) electrons. The van der Waals surface area contributed by atoms with Gasteiger partial charge in [0.05, 0.1) is 6.61 Å². The summed E-state index contributed by atoms with van der Waals surface area (Å²) in [5.41, 5.74) is 0.605. The van der Waals surface area contributed by atoms with E-state index in [2.05, 4.69) is 15.2 Å². The molecule has 2 fully saturated rings. The topological polar surface area (TPSA) is 67.0 Å². The van der Waals surface area contributed by atoms with Crippen LogP contribution in [0.15, 0.2) is 54.9 Å². The zero-order chi connectivity index (χ0) is 21.9. The summed E-state index contributed by atoms with van der Waals surface area (Å²) in [4.78, 5) is 20.1. The summed E-state index contributed by atoms with van der Waals surface area (Å²) in [6.07, 6.45) is 5.46. The van der Waals surface area contributed by atoms with Crippen LogP contribution >= 0.6 is 0 Å². The third kappa shape index (κ3) is 4.91. The van der Waals surface area contributed by atoms with Crippen LogP contribution in [0.1, 0.15) is 39.2 Å². The van der Waals surface area contributed by atoms with Crippen molar-refractivity contribution >= 4 is 11.7 Å². The van der Waals surface area contributed by atoms with Gasteiger partial charge in [-0.25, -0.2) is 4.79 Å². The van der Waals surface area contributed by atoms with E-state index >= 15 is 0 Å². The fourth-order valence-corrected chi connectivity index (χ4v) is 4.51. The van der Waals surface area contributed by atoms with Crippen LogP contribution in [0.3, 0.4) is 0 Å². The Kier molecular flexibility index (Phi) is 6.30. The van der Waals surface area contributed by atoms with Gasteiger partial charge in [-0.2, -0.15) is 0 Å². The first-order valence-electron chi connectivity index (χ1n) is 11.2. The lowest BCUT2D eigenvalue weighted by molar-refractivity contribution is -0.174. The van der Waals surface area contributed by atoms with Crippen molar-refractivity contribution in [3.05, 3.63) is 60.4 Å². The summed E-state index contributed by atoms with van der Waals surface area (Å²) in [6.45, 7) is 8.93. The number of epoxide rings is 1. The number of carbonyl (C=O) groups excluding carboxylic acids is 1. The van der Waals surface area contributed by atoms with Crippen molar-refractivity contribution in [2.75, 3.05) is 31.6 Å². The maximum atomic E-state index is 13.7. The Morgan fingerprint density at radius 3 is 2.35 bits per heavy atom. The van der Waals surface area contributed by atoms with E-state index < -0.39 is 11.1 Å². The SMILES string of the molecule is CC(C)(C)OC(=O)C(c1ccccc1)(C1CO1)N1CCC(CNc2ccncc2)CC1. The summed E-state index contributed by atoms with van der Waals surface area (Å²) in [7, 11) is 0. The zero-order valence-electron chi connectivity index (χ0n) is 18.7. The van der Waals surface area contributed by atoms with E-state index in [1.807, 2.05) is 63.2 Å². The normalized spacial score (nSPS) is 21.8. The quantitative estimate of drug-likeness (QED) is 0.539. The highest BCUT2D eigenvalue weighted by molar-refractivity contribution is 5.84. The molecule has 4 rings (SSSR count). The maximum absolute atomic E-state index is 13.7. The number of ether oxygens (including phenoxy) is 2. The third-order valence-corrected chi connectivity index (χ3v) is 6.11. The van der Waals surface area contributed by atoms with Gasteiger partial charge >= 0.3 is 5.97 Å². The van der Waals surface area contributed by atoms with Gasteiger partial charge in [0.2, 0.25) is 0 Å². The molecule has 1 aromatic heterocycles. The first-order valence-corrected chi connectivity index (χ1v) is 11.2. The molecular weight excluding hydrogens is 390 g/mol. The minimum Gasteiger partial charge on any atom is -0.458 e. The molecule has 2 aromatic rings. The van der Waals surface area contributed by atoms with Crippen molar-refractivity contribution in [2.24, 2.45) is 5.92 Å². The number of esters is 1.